The molecule has 30 heavy (non-hydrogen) atoms. The van der Waals surface area contributed by atoms with Gasteiger partial charge in [-0.25, -0.2) is 4.99 Å². The van der Waals surface area contributed by atoms with Crippen molar-refractivity contribution < 1.29 is 9.59 Å². The van der Waals surface area contributed by atoms with Crippen molar-refractivity contribution in [2.75, 3.05) is 11.9 Å². The van der Waals surface area contributed by atoms with E-state index in [0.29, 0.717) is 11.7 Å². The van der Waals surface area contributed by atoms with Crippen LogP contribution in [0.15, 0.2) is 41.4 Å². The molecule has 1 aliphatic rings. The number of amidine groups is 1. The number of carbonyl (C=O) groups excluding carboxylic acids is 2. The van der Waals surface area contributed by atoms with Gasteiger partial charge in [0.05, 0.1) is 5.69 Å². The standard InChI is InChI=1S/C24H29N3O2S/c1-6-9-27-23(29)21(14-22(28)26-20-13-15(2)7-8-18(20)5)30-24(27)25-19-11-16(3)10-17(4)12-19/h7-8,10-13,21H,6,9,14H2,1-5H3,(H,26,28)/t21-/m0/s1. The van der Waals surface area contributed by atoms with Crippen LogP contribution in [0.4, 0.5) is 11.4 Å². The lowest BCUT2D eigenvalue weighted by Gasteiger charge is -2.15. The molecule has 1 fully saturated rings. The second-order valence-corrected chi connectivity index (χ2v) is 9.08. The van der Waals surface area contributed by atoms with Crippen molar-refractivity contribution >= 4 is 40.1 Å². The number of thioether (sulfide) groups is 1. The highest BCUT2D eigenvalue weighted by Gasteiger charge is 2.38. The normalized spacial score (nSPS) is 17.6. The van der Waals surface area contributed by atoms with Crippen LogP contribution in [0.1, 0.15) is 42.0 Å². The lowest BCUT2D eigenvalue weighted by atomic mass is 10.1. The van der Waals surface area contributed by atoms with Crippen LogP contribution in [0.2, 0.25) is 0 Å². The van der Waals surface area contributed by atoms with Crippen molar-refractivity contribution in [1.29, 1.82) is 0 Å². The summed E-state index contributed by atoms with van der Waals surface area (Å²) < 4.78 is 0. The van der Waals surface area contributed by atoms with Gasteiger partial charge in [-0.15, -0.1) is 0 Å². The summed E-state index contributed by atoms with van der Waals surface area (Å²) in [6.45, 7) is 10.7. The number of hydrogen-bond donors (Lipinski definition) is 1. The van der Waals surface area contributed by atoms with E-state index in [0.717, 1.165) is 40.0 Å². The highest BCUT2D eigenvalue weighted by atomic mass is 32.2. The summed E-state index contributed by atoms with van der Waals surface area (Å²) in [4.78, 5) is 32.1. The van der Waals surface area contributed by atoms with E-state index in [4.69, 9.17) is 4.99 Å². The molecule has 1 N–H and O–H groups in total. The first-order chi connectivity index (χ1) is 14.3. The van der Waals surface area contributed by atoms with Crippen LogP contribution in [0, 0.1) is 27.7 Å². The Morgan fingerprint density at radius 1 is 1.07 bits per heavy atom. The molecule has 5 nitrogen and oxygen atoms in total. The smallest absolute Gasteiger partial charge is 0.242 e. The minimum atomic E-state index is -0.452. The number of hydrogen-bond acceptors (Lipinski definition) is 4. The van der Waals surface area contributed by atoms with Crippen LogP contribution >= 0.6 is 11.8 Å². The molecule has 2 aromatic rings. The van der Waals surface area contributed by atoms with Gasteiger partial charge in [0.1, 0.15) is 5.25 Å². The minimum Gasteiger partial charge on any atom is -0.326 e. The van der Waals surface area contributed by atoms with E-state index in [-0.39, 0.29) is 18.2 Å². The molecule has 158 valence electrons. The molecule has 1 saturated heterocycles. The van der Waals surface area contributed by atoms with Crippen LogP contribution in [-0.4, -0.2) is 33.7 Å². The number of carbonyl (C=O) groups is 2. The van der Waals surface area contributed by atoms with E-state index >= 15 is 0 Å². The number of nitrogens with one attached hydrogen (secondary N) is 1. The number of anilines is 1. The number of rotatable bonds is 6. The lowest BCUT2D eigenvalue weighted by molar-refractivity contribution is -0.128. The molecule has 0 unspecified atom stereocenters. The Hall–Kier alpha value is -2.60. The molecule has 1 aliphatic heterocycles. The van der Waals surface area contributed by atoms with Crippen LogP contribution < -0.4 is 5.32 Å². The van der Waals surface area contributed by atoms with Crippen molar-refractivity contribution in [3.63, 3.8) is 0 Å². The maximum atomic E-state index is 13.0. The molecule has 0 spiro atoms. The van der Waals surface area contributed by atoms with Gasteiger partial charge < -0.3 is 5.32 Å². The number of benzene rings is 2. The predicted octanol–water partition coefficient (Wildman–Crippen LogP) is 5.29. The molecular formula is C24H29N3O2S. The third-order valence-electron chi connectivity index (χ3n) is 4.94. The van der Waals surface area contributed by atoms with E-state index in [2.05, 4.69) is 11.4 Å². The fraction of sp³-hybridized carbons (Fsp3) is 0.375. The monoisotopic (exact) mass is 423 g/mol. The van der Waals surface area contributed by atoms with Gasteiger partial charge in [-0.1, -0.05) is 36.9 Å². The number of amides is 2. The van der Waals surface area contributed by atoms with Crippen LogP contribution in [0.5, 0.6) is 0 Å². The Morgan fingerprint density at radius 3 is 2.43 bits per heavy atom. The fourth-order valence-corrected chi connectivity index (χ4v) is 4.70. The van der Waals surface area contributed by atoms with Gasteiger partial charge in [0.2, 0.25) is 11.8 Å². The van der Waals surface area contributed by atoms with Crippen molar-refractivity contribution in [3.8, 4) is 0 Å². The Bertz CT molecular complexity index is 980. The van der Waals surface area contributed by atoms with Crippen molar-refractivity contribution in [2.45, 2.75) is 52.7 Å². The summed E-state index contributed by atoms with van der Waals surface area (Å²) in [6.07, 6.45) is 0.961. The zero-order valence-corrected chi connectivity index (χ0v) is 19.1. The molecule has 1 heterocycles. The van der Waals surface area contributed by atoms with E-state index in [1.54, 1.807) is 4.90 Å². The van der Waals surface area contributed by atoms with Crippen LogP contribution in [0.3, 0.4) is 0 Å². The molecule has 0 saturated carbocycles. The average Bonchev–Trinajstić information content (AvgIpc) is 2.93. The summed E-state index contributed by atoms with van der Waals surface area (Å²) in [7, 11) is 0. The van der Waals surface area contributed by atoms with Gasteiger partial charge in [0, 0.05) is 18.7 Å². The van der Waals surface area contributed by atoms with Gasteiger partial charge in [0.25, 0.3) is 0 Å². The SMILES string of the molecule is CCCN1C(=O)[C@H](CC(=O)Nc2cc(C)ccc2C)SC1=Nc1cc(C)cc(C)c1. The van der Waals surface area contributed by atoms with Crippen LogP contribution in [0.25, 0.3) is 0 Å². The highest BCUT2D eigenvalue weighted by molar-refractivity contribution is 8.15. The van der Waals surface area contributed by atoms with Crippen LogP contribution in [-0.2, 0) is 9.59 Å². The van der Waals surface area contributed by atoms with Crippen molar-refractivity contribution in [1.82, 2.24) is 4.90 Å². The molecule has 0 radical (unpaired) electrons. The first kappa shape index (κ1) is 22.1. The fourth-order valence-electron chi connectivity index (χ4n) is 3.52. The van der Waals surface area contributed by atoms with Gasteiger partial charge in [0.15, 0.2) is 5.17 Å². The topological polar surface area (TPSA) is 61.8 Å². The molecule has 0 aliphatic carbocycles. The second-order valence-electron chi connectivity index (χ2n) is 7.91. The predicted molar refractivity (Wildman–Crippen MR) is 126 cm³/mol. The quantitative estimate of drug-likeness (QED) is 0.687. The zero-order chi connectivity index (χ0) is 21.8. The molecule has 2 amide bonds. The van der Waals surface area contributed by atoms with E-state index in [1.807, 2.05) is 65.0 Å². The van der Waals surface area contributed by atoms with Crippen molar-refractivity contribution in [3.05, 3.63) is 58.7 Å². The molecule has 0 aromatic heterocycles. The number of aliphatic imine (C=N–C) groups is 1. The molecule has 1 atom stereocenters. The molecule has 0 bridgehead atoms. The molecular weight excluding hydrogens is 394 g/mol. The van der Waals surface area contributed by atoms with Gasteiger partial charge in [-0.05, 0) is 74.6 Å². The summed E-state index contributed by atoms with van der Waals surface area (Å²) in [5, 5.41) is 3.19. The van der Waals surface area contributed by atoms with E-state index in [9.17, 15) is 9.59 Å². The molecule has 6 heteroatoms. The highest BCUT2D eigenvalue weighted by Crippen LogP contribution is 2.32. The Morgan fingerprint density at radius 2 is 1.77 bits per heavy atom. The second kappa shape index (κ2) is 9.47. The maximum absolute atomic E-state index is 13.0. The number of aryl methyl sites for hydroxylation is 4. The van der Waals surface area contributed by atoms with Gasteiger partial charge >= 0.3 is 0 Å². The summed E-state index contributed by atoms with van der Waals surface area (Å²) in [6, 6.07) is 12.1. The largest absolute Gasteiger partial charge is 0.326 e. The van der Waals surface area contributed by atoms with Gasteiger partial charge in [-0.2, -0.15) is 0 Å². The Kier molecular flexibility index (Phi) is 6.98. The maximum Gasteiger partial charge on any atom is 0.242 e. The third kappa shape index (κ3) is 5.30. The van der Waals surface area contributed by atoms with Gasteiger partial charge in [-0.3, -0.25) is 14.5 Å². The first-order valence-corrected chi connectivity index (χ1v) is 11.2. The summed E-state index contributed by atoms with van der Waals surface area (Å²) in [5.74, 6) is -0.195. The first-order valence-electron chi connectivity index (χ1n) is 10.3. The molecule has 3 rings (SSSR count). The Labute approximate surface area is 183 Å². The third-order valence-corrected chi connectivity index (χ3v) is 6.11. The van der Waals surface area contributed by atoms with Crippen molar-refractivity contribution in [2.24, 2.45) is 4.99 Å². The average molecular weight is 424 g/mol. The summed E-state index contributed by atoms with van der Waals surface area (Å²) >= 11 is 1.39. The van der Waals surface area contributed by atoms with E-state index < -0.39 is 5.25 Å². The molecule has 2 aromatic carbocycles. The summed E-state index contributed by atoms with van der Waals surface area (Å²) in [5.41, 5.74) is 5.99. The zero-order valence-electron chi connectivity index (χ0n) is 18.3. The number of nitrogens with zero attached hydrogens (tertiary/aromatic N) is 2. The van der Waals surface area contributed by atoms with E-state index in [1.165, 1.54) is 11.8 Å². The minimum absolute atomic E-state index is 0.0407. The Balaban J connectivity index is 1.77. The lowest BCUT2D eigenvalue weighted by Crippen LogP contribution is -2.34.